The highest BCUT2D eigenvalue weighted by Crippen LogP contribution is 2.25. The molecule has 2 aromatic carbocycles. The monoisotopic (exact) mass is 380 g/mol. The minimum Gasteiger partial charge on any atom is -0.496 e. The summed E-state index contributed by atoms with van der Waals surface area (Å²) in [5.74, 6) is 0.172. The van der Waals surface area contributed by atoms with E-state index in [1.807, 2.05) is 0 Å². The molecule has 0 saturated heterocycles. The minimum atomic E-state index is -4.73. The average molecular weight is 380 g/mol. The third-order valence-electron chi connectivity index (χ3n) is 3.68. The Morgan fingerprint density at radius 3 is 2.41 bits per heavy atom. The van der Waals surface area contributed by atoms with Crippen LogP contribution in [-0.4, -0.2) is 31.0 Å². The number of hydrogen-bond donors (Lipinski definition) is 1. The molecule has 0 unspecified atom stereocenters. The van der Waals surface area contributed by atoms with Gasteiger partial charge in [-0.05, 0) is 42.3 Å². The van der Waals surface area contributed by atoms with Gasteiger partial charge in [0.1, 0.15) is 11.5 Å². The van der Waals surface area contributed by atoms with Gasteiger partial charge in [-0.25, -0.2) is 0 Å². The number of ketones is 1. The topological polar surface area (TPSA) is 55.8 Å². The summed E-state index contributed by atoms with van der Waals surface area (Å²) in [5, 5.41) is 8.84. The van der Waals surface area contributed by atoms with Crippen LogP contribution in [0.3, 0.4) is 0 Å². The number of carbonyl (C=O) groups is 1. The molecule has 1 N–H and O–H groups in total. The van der Waals surface area contributed by atoms with Gasteiger partial charge in [0.05, 0.1) is 7.11 Å². The molecule has 0 aliphatic heterocycles. The van der Waals surface area contributed by atoms with Crippen molar-refractivity contribution in [2.24, 2.45) is 0 Å². The number of methoxy groups -OCH3 is 1. The van der Waals surface area contributed by atoms with Crippen LogP contribution < -0.4 is 9.47 Å². The number of benzene rings is 2. The Labute approximate surface area is 154 Å². The first-order valence-electron chi connectivity index (χ1n) is 8.18. The third kappa shape index (κ3) is 6.45. The summed E-state index contributed by atoms with van der Waals surface area (Å²) < 4.78 is 45.7. The Bertz CT molecular complexity index is 796. The summed E-state index contributed by atoms with van der Waals surface area (Å²) in [6.45, 7) is -0.0529. The fourth-order valence-electron chi connectivity index (χ4n) is 2.39. The second-order valence-corrected chi connectivity index (χ2v) is 5.66. The Kier molecular flexibility index (Phi) is 7.01. The lowest BCUT2D eigenvalue weighted by atomic mass is 10.0. The van der Waals surface area contributed by atoms with Crippen LogP contribution in [0, 0.1) is 0 Å². The highest BCUT2D eigenvalue weighted by Gasteiger charge is 2.30. The molecule has 7 heteroatoms. The third-order valence-corrected chi connectivity index (χ3v) is 3.68. The first kappa shape index (κ1) is 20.5. The van der Waals surface area contributed by atoms with E-state index in [0.717, 1.165) is 0 Å². The van der Waals surface area contributed by atoms with E-state index >= 15 is 0 Å². The Morgan fingerprint density at radius 1 is 1.11 bits per heavy atom. The fourth-order valence-corrected chi connectivity index (χ4v) is 2.39. The lowest BCUT2D eigenvalue weighted by molar-refractivity contribution is -0.274. The summed E-state index contributed by atoms with van der Waals surface area (Å²) in [6.07, 6.45) is -0.693. The number of aliphatic hydroxyl groups excluding tert-OH is 1. The molecule has 4 nitrogen and oxygen atoms in total. The molecule has 0 aliphatic carbocycles. The van der Waals surface area contributed by atoms with Crippen molar-refractivity contribution in [3.05, 3.63) is 59.2 Å². The van der Waals surface area contributed by atoms with Gasteiger partial charge in [-0.2, -0.15) is 0 Å². The van der Waals surface area contributed by atoms with Crippen LogP contribution in [0.4, 0.5) is 13.2 Å². The zero-order chi connectivity index (χ0) is 19.9. The maximum atomic E-state index is 12.2. The Morgan fingerprint density at radius 2 is 1.81 bits per heavy atom. The van der Waals surface area contributed by atoms with Gasteiger partial charge in [0.25, 0.3) is 0 Å². The van der Waals surface area contributed by atoms with Crippen molar-refractivity contribution in [3.63, 3.8) is 0 Å². The van der Waals surface area contributed by atoms with Crippen molar-refractivity contribution >= 4 is 17.9 Å². The molecule has 0 spiro atoms. The number of ether oxygens (including phenoxy) is 2. The SMILES string of the molecule is COc1ccc(C(=O)CCCO)cc1/C=C/c1ccc(OC(F)(F)F)cc1. The first-order chi connectivity index (χ1) is 12.8. The van der Waals surface area contributed by atoms with Crippen LogP contribution >= 0.6 is 0 Å². The summed E-state index contributed by atoms with van der Waals surface area (Å²) in [4.78, 5) is 12.1. The van der Waals surface area contributed by atoms with Crippen LogP contribution in [0.5, 0.6) is 11.5 Å². The Hall–Kier alpha value is -2.80. The molecular weight excluding hydrogens is 361 g/mol. The molecule has 27 heavy (non-hydrogen) atoms. The van der Waals surface area contributed by atoms with E-state index in [1.165, 1.54) is 31.4 Å². The van der Waals surface area contributed by atoms with Gasteiger partial charge in [-0.3, -0.25) is 4.79 Å². The van der Waals surface area contributed by atoms with Gasteiger partial charge < -0.3 is 14.6 Å². The Balaban J connectivity index is 2.18. The molecule has 0 fully saturated rings. The summed E-state index contributed by atoms with van der Waals surface area (Å²) in [5.41, 5.74) is 1.81. The number of alkyl halides is 3. The van der Waals surface area contributed by atoms with E-state index in [-0.39, 0.29) is 24.6 Å². The normalized spacial score (nSPS) is 11.6. The lowest BCUT2D eigenvalue weighted by Crippen LogP contribution is -2.16. The van der Waals surface area contributed by atoms with Gasteiger partial charge >= 0.3 is 6.36 Å². The molecule has 2 rings (SSSR count). The molecule has 0 aromatic heterocycles. The maximum Gasteiger partial charge on any atom is 0.573 e. The molecule has 0 atom stereocenters. The quantitative estimate of drug-likeness (QED) is 0.532. The number of Topliss-reactive ketones (excluding diaryl/α,β-unsaturated/α-hetero) is 1. The van der Waals surface area contributed by atoms with Gasteiger partial charge in [0.15, 0.2) is 5.78 Å². The maximum absolute atomic E-state index is 12.2. The molecule has 0 radical (unpaired) electrons. The number of rotatable bonds is 8. The smallest absolute Gasteiger partial charge is 0.496 e. The van der Waals surface area contributed by atoms with E-state index in [9.17, 15) is 18.0 Å². The van der Waals surface area contributed by atoms with Crippen molar-refractivity contribution in [2.45, 2.75) is 19.2 Å². The molecule has 0 amide bonds. The first-order valence-corrected chi connectivity index (χ1v) is 8.18. The second-order valence-electron chi connectivity index (χ2n) is 5.66. The molecule has 144 valence electrons. The largest absolute Gasteiger partial charge is 0.573 e. The van der Waals surface area contributed by atoms with Crippen molar-refractivity contribution in [2.75, 3.05) is 13.7 Å². The zero-order valence-electron chi connectivity index (χ0n) is 14.6. The van der Waals surface area contributed by atoms with Crippen molar-refractivity contribution in [1.29, 1.82) is 0 Å². The summed E-state index contributed by atoms with van der Waals surface area (Å²) >= 11 is 0. The van der Waals surface area contributed by atoms with Crippen LogP contribution in [0.2, 0.25) is 0 Å². The van der Waals surface area contributed by atoms with Gasteiger partial charge in [0.2, 0.25) is 0 Å². The number of carbonyl (C=O) groups excluding carboxylic acids is 1. The van der Waals surface area contributed by atoms with Gasteiger partial charge in [0, 0.05) is 24.2 Å². The van der Waals surface area contributed by atoms with E-state index in [1.54, 1.807) is 30.4 Å². The minimum absolute atomic E-state index is 0.0529. The van der Waals surface area contributed by atoms with Gasteiger partial charge in [-0.1, -0.05) is 24.3 Å². The molecule has 0 saturated carbocycles. The van der Waals surface area contributed by atoms with E-state index < -0.39 is 6.36 Å². The number of halogens is 3. The predicted molar refractivity (Wildman–Crippen MR) is 95.7 cm³/mol. The number of hydrogen-bond acceptors (Lipinski definition) is 4. The van der Waals surface area contributed by atoms with Crippen molar-refractivity contribution in [3.8, 4) is 11.5 Å². The van der Waals surface area contributed by atoms with E-state index in [4.69, 9.17) is 9.84 Å². The zero-order valence-corrected chi connectivity index (χ0v) is 14.6. The summed E-state index contributed by atoms with van der Waals surface area (Å²) in [6, 6.07) is 10.4. The highest BCUT2D eigenvalue weighted by atomic mass is 19.4. The molecule has 0 bridgehead atoms. The fraction of sp³-hybridized carbons (Fsp3) is 0.250. The van der Waals surface area contributed by atoms with Crippen molar-refractivity contribution < 1.29 is 32.5 Å². The highest BCUT2D eigenvalue weighted by molar-refractivity contribution is 5.97. The van der Waals surface area contributed by atoms with Crippen LogP contribution in [0.15, 0.2) is 42.5 Å². The molecule has 2 aromatic rings. The van der Waals surface area contributed by atoms with Crippen LogP contribution in [-0.2, 0) is 0 Å². The van der Waals surface area contributed by atoms with E-state index in [0.29, 0.717) is 28.9 Å². The lowest BCUT2D eigenvalue weighted by Gasteiger charge is -2.09. The summed E-state index contributed by atoms with van der Waals surface area (Å²) in [7, 11) is 1.50. The predicted octanol–water partition coefficient (Wildman–Crippen LogP) is 4.72. The van der Waals surface area contributed by atoms with Crippen LogP contribution in [0.25, 0.3) is 12.2 Å². The molecule has 0 aliphatic rings. The van der Waals surface area contributed by atoms with Gasteiger partial charge in [-0.15, -0.1) is 13.2 Å². The number of aliphatic hydroxyl groups is 1. The standard InChI is InChI=1S/C20H19F3O4/c1-26-19-11-8-15(18(25)3-2-12-24)13-16(19)7-4-14-5-9-17(10-6-14)27-20(21,22)23/h4-11,13,24H,2-3,12H2,1H3/b7-4+. The second kappa shape index (κ2) is 9.23. The van der Waals surface area contributed by atoms with Crippen molar-refractivity contribution in [1.82, 2.24) is 0 Å². The average Bonchev–Trinajstić information content (AvgIpc) is 2.64. The molecular formula is C20H19F3O4. The van der Waals surface area contributed by atoms with E-state index in [2.05, 4.69) is 4.74 Å². The van der Waals surface area contributed by atoms with Crippen LogP contribution in [0.1, 0.15) is 34.3 Å². The molecule has 0 heterocycles.